The van der Waals surface area contributed by atoms with E-state index in [1.807, 2.05) is 0 Å². The fourth-order valence-corrected chi connectivity index (χ4v) is 5.58. The van der Waals surface area contributed by atoms with Crippen LogP contribution >= 0.6 is 27.5 Å². The van der Waals surface area contributed by atoms with Crippen LogP contribution in [-0.2, 0) is 10.0 Å². The number of rotatable bonds is 4. The molecule has 1 N–H and O–H groups in total. The average molecular weight is 399 g/mol. The van der Waals surface area contributed by atoms with Crippen molar-refractivity contribution in [3.63, 3.8) is 0 Å². The Kier molecular flexibility index (Phi) is 5.54. The van der Waals surface area contributed by atoms with Gasteiger partial charge in [0.1, 0.15) is 4.90 Å². The van der Waals surface area contributed by atoms with Gasteiger partial charge in [-0.1, -0.05) is 18.0 Å². The molecule has 0 radical (unpaired) electrons. The lowest BCUT2D eigenvalue weighted by Gasteiger charge is -2.33. The van der Waals surface area contributed by atoms with Gasteiger partial charge in [-0.3, -0.25) is 0 Å². The van der Waals surface area contributed by atoms with Crippen molar-refractivity contribution in [2.75, 3.05) is 20.3 Å². The Hall–Kier alpha value is -0.340. The molecule has 1 aliphatic heterocycles. The molecule has 1 aliphatic rings. The van der Waals surface area contributed by atoms with E-state index in [9.17, 15) is 13.5 Å². The Morgan fingerprint density at radius 2 is 2.19 bits per heavy atom. The van der Waals surface area contributed by atoms with Crippen LogP contribution in [0.1, 0.15) is 19.3 Å². The van der Waals surface area contributed by atoms with Crippen molar-refractivity contribution < 1.29 is 18.3 Å². The first kappa shape index (κ1) is 17.0. The molecule has 118 valence electrons. The second-order valence-electron chi connectivity index (χ2n) is 4.87. The summed E-state index contributed by atoms with van der Waals surface area (Å²) >= 11 is 9.24. The van der Waals surface area contributed by atoms with Gasteiger partial charge in [0, 0.05) is 17.6 Å². The fraction of sp³-hybridized carbons (Fsp3) is 0.538. The minimum absolute atomic E-state index is 0.0183. The lowest BCUT2D eigenvalue weighted by atomic mass is 10.1. The van der Waals surface area contributed by atoms with E-state index in [0.717, 1.165) is 12.8 Å². The van der Waals surface area contributed by atoms with E-state index in [-0.39, 0.29) is 17.3 Å². The van der Waals surface area contributed by atoms with Crippen molar-refractivity contribution in [1.29, 1.82) is 0 Å². The van der Waals surface area contributed by atoms with E-state index < -0.39 is 16.1 Å². The fourth-order valence-electron chi connectivity index (χ4n) is 2.53. The normalized spacial score (nSPS) is 20.5. The van der Waals surface area contributed by atoms with Gasteiger partial charge < -0.3 is 9.84 Å². The Bertz CT molecular complexity index is 623. The maximum atomic E-state index is 12.9. The molecule has 0 bridgehead atoms. The van der Waals surface area contributed by atoms with Crippen molar-refractivity contribution >= 4 is 37.6 Å². The third-order valence-corrected chi connectivity index (χ3v) is 6.31. The second kappa shape index (κ2) is 6.83. The van der Waals surface area contributed by atoms with Gasteiger partial charge >= 0.3 is 0 Å². The third-order valence-electron chi connectivity index (χ3n) is 3.55. The van der Waals surface area contributed by atoms with Crippen molar-refractivity contribution in [3.8, 4) is 5.75 Å². The van der Waals surface area contributed by atoms with Crippen LogP contribution in [0.5, 0.6) is 5.75 Å². The van der Waals surface area contributed by atoms with Gasteiger partial charge in [0.2, 0.25) is 10.0 Å². The number of sulfonamides is 1. The summed E-state index contributed by atoms with van der Waals surface area (Å²) in [6.45, 7) is 0.199. The maximum Gasteiger partial charge on any atom is 0.247 e. The standard InChI is InChI=1S/C13H17BrClNO4S/c1-20-13-11(14)6-9(15)7-12(13)21(18,19)16-5-3-2-4-10(16)8-17/h6-7,10,17H,2-5,8H2,1H3. The first-order valence-corrected chi connectivity index (χ1v) is 9.18. The predicted octanol–water partition coefficient (Wildman–Crippen LogP) is 2.65. The van der Waals surface area contributed by atoms with E-state index in [1.54, 1.807) is 6.07 Å². The zero-order valence-electron chi connectivity index (χ0n) is 11.6. The van der Waals surface area contributed by atoms with Crippen molar-refractivity contribution in [2.45, 2.75) is 30.2 Å². The lowest BCUT2D eigenvalue weighted by Crippen LogP contribution is -2.45. The highest BCUT2D eigenvalue weighted by atomic mass is 79.9. The Balaban J connectivity index is 2.53. The molecule has 0 saturated carbocycles. The molecular weight excluding hydrogens is 382 g/mol. The highest BCUT2D eigenvalue weighted by Gasteiger charge is 2.35. The van der Waals surface area contributed by atoms with E-state index in [1.165, 1.54) is 17.5 Å². The minimum Gasteiger partial charge on any atom is -0.494 e. The molecule has 2 rings (SSSR count). The number of ether oxygens (including phenoxy) is 1. The number of halogens is 2. The molecule has 1 saturated heterocycles. The molecule has 5 nitrogen and oxygen atoms in total. The summed E-state index contributed by atoms with van der Waals surface area (Å²) in [5.41, 5.74) is 0. The summed E-state index contributed by atoms with van der Waals surface area (Å²) < 4.78 is 32.8. The van der Waals surface area contributed by atoms with Crippen LogP contribution in [0.4, 0.5) is 0 Å². The number of aliphatic hydroxyl groups excluding tert-OH is 1. The number of piperidine rings is 1. The molecule has 1 unspecified atom stereocenters. The highest BCUT2D eigenvalue weighted by molar-refractivity contribution is 9.10. The van der Waals surface area contributed by atoms with Gasteiger partial charge in [0.25, 0.3) is 0 Å². The number of aliphatic hydroxyl groups is 1. The summed E-state index contributed by atoms with van der Waals surface area (Å²) in [6.07, 6.45) is 2.34. The van der Waals surface area contributed by atoms with Crippen LogP contribution in [0.15, 0.2) is 21.5 Å². The number of hydrogen-bond donors (Lipinski definition) is 1. The van der Waals surface area contributed by atoms with Gasteiger partial charge in [-0.05, 0) is 40.9 Å². The van der Waals surface area contributed by atoms with Crippen molar-refractivity contribution in [2.24, 2.45) is 0 Å². The van der Waals surface area contributed by atoms with E-state index in [0.29, 0.717) is 22.5 Å². The summed E-state index contributed by atoms with van der Waals surface area (Å²) in [4.78, 5) is 0.0183. The number of nitrogens with zero attached hydrogens (tertiary/aromatic N) is 1. The Morgan fingerprint density at radius 3 is 2.81 bits per heavy atom. The largest absolute Gasteiger partial charge is 0.494 e. The average Bonchev–Trinajstić information content (AvgIpc) is 2.46. The van der Waals surface area contributed by atoms with Crippen LogP contribution in [0.25, 0.3) is 0 Å². The maximum absolute atomic E-state index is 12.9. The Morgan fingerprint density at radius 1 is 1.48 bits per heavy atom. The van der Waals surface area contributed by atoms with E-state index in [4.69, 9.17) is 16.3 Å². The number of benzene rings is 1. The molecule has 0 aliphatic carbocycles. The lowest BCUT2D eigenvalue weighted by molar-refractivity contribution is 0.155. The molecule has 1 aromatic rings. The van der Waals surface area contributed by atoms with Crippen molar-refractivity contribution in [1.82, 2.24) is 4.31 Å². The smallest absolute Gasteiger partial charge is 0.247 e. The van der Waals surface area contributed by atoms with Gasteiger partial charge in [-0.15, -0.1) is 0 Å². The molecule has 1 aromatic carbocycles. The molecule has 0 amide bonds. The molecule has 21 heavy (non-hydrogen) atoms. The molecule has 8 heteroatoms. The van der Waals surface area contributed by atoms with Crippen LogP contribution < -0.4 is 4.74 Å². The summed E-state index contributed by atoms with van der Waals surface area (Å²) in [6, 6.07) is 2.56. The van der Waals surface area contributed by atoms with Gasteiger partial charge in [-0.25, -0.2) is 8.42 Å². The molecule has 1 atom stereocenters. The van der Waals surface area contributed by atoms with Gasteiger partial charge in [-0.2, -0.15) is 4.31 Å². The number of hydrogen-bond acceptors (Lipinski definition) is 4. The van der Waals surface area contributed by atoms with Crippen LogP contribution in [-0.4, -0.2) is 44.1 Å². The summed E-state index contributed by atoms with van der Waals surface area (Å²) in [7, 11) is -2.37. The first-order chi connectivity index (χ1) is 9.91. The molecule has 0 aromatic heterocycles. The highest BCUT2D eigenvalue weighted by Crippen LogP contribution is 2.38. The Labute approximate surface area is 138 Å². The zero-order chi connectivity index (χ0) is 15.6. The summed E-state index contributed by atoms with van der Waals surface area (Å²) in [5, 5.41) is 9.74. The minimum atomic E-state index is -3.78. The topological polar surface area (TPSA) is 66.8 Å². The van der Waals surface area contributed by atoms with Gasteiger partial charge in [0.05, 0.1) is 18.2 Å². The predicted molar refractivity (Wildman–Crippen MR) is 84.3 cm³/mol. The van der Waals surface area contributed by atoms with E-state index >= 15 is 0 Å². The number of methoxy groups -OCH3 is 1. The molecule has 1 heterocycles. The quantitative estimate of drug-likeness (QED) is 0.847. The van der Waals surface area contributed by atoms with Crippen molar-refractivity contribution in [3.05, 3.63) is 21.6 Å². The van der Waals surface area contributed by atoms with Crippen LogP contribution in [0.2, 0.25) is 5.02 Å². The van der Waals surface area contributed by atoms with Crippen LogP contribution in [0, 0.1) is 0 Å². The zero-order valence-corrected chi connectivity index (χ0v) is 14.7. The van der Waals surface area contributed by atoms with Gasteiger partial charge in [0.15, 0.2) is 5.75 Å². The first-order valence-electron chi connectivity index (χ1n) is 6.57. The SMILES string of the molecule is COc1c(Br)cc(Cl)cc1S(=O)(=O)N1CCCCC1CO. The molecule has 0 spiro atoms. The summed E-state index contributed by atoms with van der Waals surface area (Å²) in [5.74, 6) is 0.224. The monoisotopic (exact) mass is 397 g/mol. The van der Waals surface area contributed by atoms with Crippen LogP contribution in [0.3, 0.4) is 0 Å². The van der Waals surface area contributed by atoms with E-state index in [2.05, 4.69) is 15.9 Å². The third kappa shape index (κ3) is 3.37. The second-order valence-corrected chi connectivity index (χ2v) is 8.02. The molecular formula is C13H17BrClNO4S. The molecule has 1 fully saturated rings.